The molecule has 4 rings (SSSR count). The number of nitrogens with zero attached hydrogens (tertiary/aromatic N) is 4. The normalized spacial score (nSPS) is 11.4. The molecule has 0 aliphatic heterocycles. The molecule has 142 valence electrons. The molecule has 6 nitrogen and oxygen atoms in total. The molecule has 1 N–H and O–H groups in total. The Morgan fingerprint density at radius 2 is 2.00 bits per heavy atom. The van der Waals surface area contributed by atoms with Gasteiger partial charge in [-0.15, -0.1) is 16.4 Å². The molecular formula is C20H11Cl2N5OS. The molecular weight excluding hydrogens is 429 g/mol. The van der Waals surface area contributed by atoms with Crippen molar-refractivity contribution in [2.45, 2.75) is 0 Å². The molecule has 0 aliphatic rings. The Labute approximate surface area is 179 Å². The molecule has 0 atom stereocenters. The van der Waals surface area contributed by atoms with Gasteiger partial charge in [-0.2, -0.15) is 10.2 Å². The van der Waals surface area contributed by atoms with Gasteiger partial charge in [-0.05, 0) is 29.8 Å². The summed E-state index contributed by atoms with van der Waals surface area (Å²) in [5, 5.41) is 19.2. The number of amides is 1. The topological polar surface area (TPSA) is 83.1 Å². The lowest BCUT2D eigenvalue weighted by Gasteiger charge is -2.03. The number of carbonyl (C=O) groups excluding carboxylic acids is 1. The summed E-state index contributed by atoms with van der Waals surface area (Å²) in [6, 6.07) is 16.2. The maximum Gasteiger partial charge on any atom is 0.268 e. The Balaban J connectivity index is 1.63. The molecule has 2 aromatic carbocycles. The minimum atomic E-state index is -0.586. The Hall–Kier alpha value is -3.18. The van der Waals surface area contributed by atoms with Crippen molar-refractivity contribution in [3.05, 3.63) is 75.1 Å². The molecule has 1 amide bonds. The maximum absolute atomic E-state index is 12.5. The minimum Gasteiger partial charge on any atom is -0.288 e. The van der Waals surface area contributed by atoms with Gasteiger partial charge < -0.3 is 0 Å². The number of thiazole rings is 1. The average molecular weight is 440 g/mol. The number of aromatic nitrogens is 3. The Bertz CT molecular complexity index is 1290. The molecule has 0 aliphatic carbocycles. The number of anilines is 1. The average Bonchev–Trinajstić information content (AvgIpc) is 3.29. The van der Waals surface area contributed by atoms with Crippen LogP contribution in [0, 0.1) is 11.3 Å². The van der Waals surface area contributed by atoms with Crippen LogP contribution in [-0.2, 0) is 4.79 Å². The van der Waals surface area contributed by atoms with E-state index >= 15 is 0 Å². The lowest BCUT2D eigenvalue weighted by atomic mass is 10.1. The summed E-state index contributed by atoms with van der Waals surface area (Å²) in [6.45, 7) is 0. The minimum absolute atomic E-state index is 0.0486. The van der Waals surface area contributed by atoms with Gasteiger partial charge in [-0.1, -0.05) is 53.5 Å². The number of rotatable bonds is 4. The van der Waals surface area contributed by atoms with E-state index < -0.39 is 5.91 Å². The van der Waals surface area contributed by atoms with Crippen LogP contribution in [0.25, 0.3) is 22.3 Å². The number of hydrogen-bond donors (Lipinski definition) is 1. The van der Waals surface area contributed by atoms with Gasteiger partial charge in [0.25, 0.3) is 11.9 Å². The second kappa shape index (κ2) is 8.05. The van der Waals surface area contributed by atoms with Gasteiger partial charge in [-0.25, -0.2) is 4.52 Å². The first kappa shape index (κ1) is 19.2. The van der Waals surface area contributed by atoms with Crippen LogP contribution in [-0.4, -0.2) is 20.5 Å². The highest BCUT2D eigenvalue weighted by Gasteiger charge is 2.17. The molecule has 0 unspecified atom stereocenters. The zero-order chi connectivity index (χ0) is 20.4. The molecule has 4 aromatic rings. The van der Waals surface area contributed by atoms with E-state index in [9.17, 15) is 10.1 Å². The third kappa shape index (κ3) is 4.00. The maximum atomic E-state index is 12.5. The van der Waals surface area contributed by atoms with Gasteiger partial charge in [0.05, 0.1) is 10.7 Å². The largest absolute Gasteiger partial charge is 0.288 e. The highest BCUT2D eigenvalue weighted by molar-refractivity contribution is 7.15. The third-order valence-electron chi connectivity index (χ3n) is 3.99. The summed E-state index contributed by atoms with van der Waals surface area (Å²) < 4.78 is 1.57. The zero-order valence-corrected chi connectivity index (χ0v) is 17.0. The predicted octanol–water partition coefficient (Wildman–Crippen LogP) is 5.31. The highest BCUT2D eigenvalue weighted by atomic mass is 35.5. The molecule has 0 spiro atoms. The van der Waals surface area contributed by atoms with E-state index in [-0.39, 0.29) is 11.5 Å². The fourth-order valence-electron chi connectivity index (χ4n) is 2.65. The van der Waals surface area contributed by atoms with Crippen molar-refractivity contribution in [2.75, 3.05) is 5.32 Å². The second-order valence-electron chi connectivity index (χ2n) is 5.91. The monoisotopic (exact) mass is 439 g/mol. The Kier molecular flexibility index (Phi) is 5.32. The second-order valence-corrected chi connectivity index (χ2v) is 7.59. The van der Waals surface area contributed by atoms with Crippen molar-refractivity contribution in [3.8, 4) is 17.3 Å². The van der Waals surface area contributed by atoms with Gasteiger partial charge in [0.2, 0.25) is 4.96 Å². The van der Waals surface area contributed by atoms with E-state index in [0.29, 0.717) is 26.3 Å². The van der Waals surface area contributed by atoms with E-state index in [0.717, 1.165) is 5.56 Å². The smallest absolute Gasteiger partial charge is 0.268 e. The number of carbonyl (C=O) groups is 1. The summed E-state index contributed by atoms with van der Waals surface area (Å²) in [6.07, 6.45) is 1.50. The molecule has 2 heterocycles. The van der Waals surface area contributed by atoms with E-state index in [2.05, 4.69) is 15.4 Å². The quantitative estimate of drug-likeness (QED) is 0.344. The molecule has 0 bridgehead atoms. The van der Waals surface area contributed by atoms with Crippen molar-refractivity contribution in [1.82, 2.24) is 14.6 Å². The fraction of sp³-hybridized carbons (Fsp3) is 0. The predicted molar refractivity (Wildman–Crippen MR) is 115 cm³/mol. The lowest BCUT2D eigenvalue weighted by Crippen LogP contribution is -2.14. The summed E-state index contributed by atoms with van der Waals surface area (Å²) in [5.41, 5.74) is 2.10. The van der Waals surface area contributed by atoms with Crippen LogP contribution in [0.15, 0.2) is 59.5 Å². The number of benzene rings is 2. The first-order chi connectivity index (χ1) is 14.0. The van der Waals surface area contributed by atoms with Gasteiger partial charge in [0.1, 0.15) is 11.6 Å². The van der Waals surface area contributed by atoms with Crippen LogP contribution in [0.3, 0.4) is 0 Å². The van der Waals surface area contributed by atoms with Gasteiger partial charge >= 0.3 is 0 Å². The molecule has 0 saturated carbocycles. The highest BCUT2D eigenvalue weighted by Crippen LogP contribution is 2.33. The van der Waals surface area contributed by atoms with E-state index in [4.69, 9.17) is 23.2 Å². The summed E-state index contributed by atoms with van der Waals surface area (Å²) in [7, 11) is 0. The van der Waals surface area contributed by atoms with Crippen LogP contribution in [0.5, 0.6) is 0 Å². The number of hydrogen-bond acceptors (Lipinski definition) is 5. The van der Waals surface area contributed by atoms with Crippen molar-refractivity contribution < 1.29 is 4.79 Å². The third-order valence-corrected chi connectivity index (χ3v) is 5.37. The zero-order valence-electron chi connectivity index (χ0n) is 14.6. The standard InChI is InChI=1S/C20H11Cl2N5OS/c21-14-6-7-16(22)15(9-14)17-11-29-20-25-19(26-27(17)20)24-18(28)13(10-23)8-12-4-2-1-3-5-12/h1-9,11H,(H,24,26,28)/b13-8+. The van der Waals surface area contributed by atoms with E-state index in [1.807, 2.05) is 29.6 Å². The number of halogens is 2. The number of fused-ring (bicyclic) bond motifs is 1. The van der Waals surface area contributed by atoms with Crippen molar-refractivity contribution in [1.29, 1.82) is 5.26 Å². The molecule has 0 fully saturated rings. The lowest BCUT2D eigenvalue weighted by molar-refractivity contribution is -0.112. The molecule has 29 heavy (non-hydrogen) atoms. The van der Waals surface area contributed by atoms with Crippen LogP contribution in [0.1, 0.15) is 5.56 Å². The van der Waals surface area contributed by atoms with Crippen LogP contribution in [0.2, 0.25) is 10.0 Å². The van der Waals surface area contributed by atoms with Crippen LogP contribution in [0.4, 0.5) is 5.95 Å². The SMILES string of the molecule is N#C/C(=C\c1ccccc1)C(=O)Nc1nc2scc(-c3cc(Cl)ccc3Cl)n2n1. The number of nitriles is 1. The summed E-state index contributed by atoms with van der Waals surface area (Å²) >= 11 is 13.7. The van der Waals surface area contributed by atoms with Crippen LogP contribution < -0.4 is 5.32 Å². The fourth-order valence-corrected chi connectivity index (χ4v) is 3.86. The summed E-state index contributed by atoms with van der Waals surface area (Å²) in [5.74, 6) is -0.493. The molecule has 2 aromatic heterocycles. The Morgan fingerprint density at radius 1 is 1.21 bits per heavy atom. The van der Waals surface area contributed by atoms with Crippen molar-refractivity contribution >= 4 is 57.4 Å². The van der Waals surface area contributed by atoms with Crippen molar-refractivity contribution in [3.63, 3.8) is 0 Å². The molecule has 0 radical (unpaired) electrons. The van der Waals surface area contributed by atoms with Gasteiger partial charge in [0, 0.05) is 16.0 Å². The van der Waals surface area contributed by atoms with E-state index in [1.54, 1.807) is 34.8 Å². The number of nitrogens with one attached hydrogen (secondary N) is 1. The Morgan fingerprint density at radius 3 is 2.76 bits per heavy atom. The first-order valence-corrected chi connectivity index (χ1v) is 9.96. The molecule has 9 heteroatoms. The van der Waals surface area contributed by atoms with E-state index in [1.165, 1.54) is 17.4 Å². The summed E-state index contributed by atoms with van der Waals surface area (Å²) in [4.78, 5) is 17.3. The van der Waals surface area contributed by atoms with Gasteiger partial charge in [-0.3, -0.25) is 10.1 Å². The van der Waals surface area contributed by atoms with Crippen molar-refractivity contribution in [2.24, 2.45) is 0 Å². The van der Waals surface area contributed by atoms with Gasteiger partial charge in [0.15, 0.2) is 0 Å². The first-order valence-electron chi connectivity index (χ1n) is 8.33. The molecule has 0 saturated heterocycles. The van der Waals surface area contributed by atoms with Crippen LogP contribution >= 0.6 is 34.5 Å².